The predicted molar refractivity (Wildman–Crippen MR) is 94.2 cm³/mol. The summed E-state index contributed by atoms with van der Waals surface area (Å²) < 4.78 is 23.6. The first kappa shape index (κ1) is 18.2. The van der Waals surface area contributed by atoms with Gasteiger partial charge in [-0.05, 0) is 37.3 Å². The van der Waals surface area contributed by atoms with Gasteiger partial charge in [-0.25, -0.2) is 9.37 Å². The number of anilines is 1. The molecule has 1 aromatic carbocycles. The van der Waals surface area contributed by atoms with Crippen LogP contribution in [0.2, 0.25) is 10.0 Å². The molecular formula is C17H12Cl2FN3O3. The molecule has 2 heterocycles. The van der Waals surface area contributed by atoms with Gasteiger partial charge in [0.15, 0.2) is 11.5 Å². The van der Waals surface area contributed by atoms with Crippen LogP contribution in [0.15, 0.2) is 41.1 Å². The first-order valence-electron chi connectivity index (χ1n) is 7.40. The molecule has 0 aliphatic carbocycles. The maximum Gasteiger partial charge on any atom is 0.279 e. The summed E-state index contributed by atoms with van der Waals surface area (Å²) in [6.07, 6.45) is 1.36. The number of hydrogen-bond donors (Lipinski definition) is 1. The van der Waals surface area contributed by atoms with Gasteiger partial charge in [-0.1, -0.05) is 28.4 Å². The first-order valence-corrected chi connectivity index (χ1v) is 8.15. The Labute approximate surface area is 157 Å². The molecule has 2 aromatic heterocycles. The van der Waals surface area contributed by atoms with E-state index in [1.807, 2.05) is 0 Å². The summed E-state index contributed by atoms with van der Waals surface area (Å²) in [4.78, 5) is 16.4. The zero-order valence-electron chi connectivity index (χ0n) is 13.4. The summed E-state index contributed by atoms with van der Waals surface area (Å²) in [5, 5.41) is 6.84. The normalized spacial score (nSPS) is 10.6. The summed E-state index contributed by atoms with van der Waals surface area (Å²) in [7, 11) is 0. The largest absolute Gasteiger partial charge is 0.489 e. The second-order valence-electron chi connectivity index (χ2n) is 5.25. The molecule has 0 saturated carbocycles. The van der Waals surface area contributed by atoms with Crippen LogP contribution in [-0.2, 0) is 6.61 Å². The smallest absolute Gasteiger partial charge is 0.279 e. The Morgan fingerprint density at radius 2 is 2.04 bits per heavy atom. The number of amides is 1. The van der Waals surface area contributed by atoms with Gasteiger partial charge in [0.05, 0.1) is 15.6 Å². The Morgan fingerprint density at radius 1 is 1.31 bits per heavy atom. The Morgan fingerprint density at radius 3 is 2.73 bits per heavy atom. The lowest BCUT2D eigenvalue weighted by molar-refractivity contribution is 0.101. The molecule has 0 spiro atoms. The molecule has 6 nitrogen and oxygen atoms in total. The average molecular weight is 396 g/mol. The van der Waals surface area contributed by atoms with Crippen LogP contribution in [0.4, 0.5) is 10.2 Å². The molecule has 1 amide bonds. The van der Waals surface area contributed by atoms with Crippen molar-refractivity contribution in [3.05, 3.63) is 69.4 Å². The summed E-state index contributed by atoms with van der Waals surface area (Å²) in [6, 6.07) is 6.97. The van der Waals surface area contributed by atoms with E-state index in [4.69, 9.17) is 32.5 Å². The van der Waals surface area contributed by atoms with Crippen molar-refractivity contribution in [1.82, 2.24) is 10.1 Å². The van der Waals surface area contributed by atoms with Gasteiger partial charge < -0.3 is 14.6 Å². The van der Waals surface area contributed by atoms with Crippen molar-refractivity contribution in [2.45, 2.75) is 13.5 Å². The zero-order chi connectivity index (χ0) is 18.7. The molecule has 9 heteroatoms. The molecule has 0 fully saturated rings. The average Bonchev–Trinajstić information content (AvgIpc) is 2.98. The van der Waals surface area contributed by atoms with Gasteiger partial charge in [-0.3, -0.25) is 4.79 Å². The molecule has 0 bridgehead atoms. The Hall–Kier alpha value is -2.64. The fraction of sp³-hybridized carbons (Fsp3) is 0.118. The van der Waals surface area contributed by atoms with Crippen LogP contribution >= 0.6 is 23.2 Å². The second kappa shape index (κ2) is 7.72. The highest BCUT2D eigenvalue weighted by Crippen LogP contribution is 2.24. The molecule has 0 unspecified atom stereocenters. The number of benzene rings is 1. The molecule has 0 atom stereocenters. The lowest BCUT2D eigenvalue weighted by Gasteiger charge is -2.08. The topological polar surface area (TPSA) is 77.3 Å². The molecule has 0 radical (unpaired) electrons. The van der Waals surface area contributed by atoms with E-state index in [2.05, 4.69) is 15.5 Å². The molecule has 0 aliphatic heterocycles. The van der Waals surface area contributed by atoms with Crippen LogP contribution in [0, 0.1) is 12.7 Å². The summed E-state index contributed by atoms with van der Waals surface area (Å²) in [5.74, 6) is 0.0857. The lowest BCUT2D eigenvalue weighted by Crippen LogP contribution is -2.16. The standard InChI is InChI=1S/C17H12Cl2FN3O3/c1-9-13(8-25-12-4-2-11(20)3-5-12)15(23-26-9)17(24)22-16-14(19)6-10(18)7-21-16/h2-7H,8H2,1H3,(H,21,22,24). The predicted octanol–water partition coefficient (Wildman–Crippen LogP) is 4.66. The van der Waals surface area contributed by atoms with Crippen molar-refractivity contribution in [1.29, 1.82) is 0 Å². The van der Waals surface area contributed by atoms with Crippen molar-refractivity contribution in [3.8, 4) is 5.75 Å². The third-order valence-corrected chi connectivity index (χ3v) is 3.93. The van der Waals surface area contributed by atoms with E-state index in [0.29, 0.717) is 22.1 Å². The minimum absolute atomic E-state index is 0.0193. The number of ether oxygens (including phenoxy) is 1. The number of pyridine rings is 1. The fourth-order valence-corrected chi connectivity index (χ4v) is 2.53. The number of halogens is 3. The maximum absolute atomic E-state index is 12.9. The van der Waals surface area contributed by atoms with E-state index in [1.165, 1.54) is 36.5 Å². The Balaban J connectivity index is 1.76. The highest BCUT2D eigenvalue weighted by Gasteiger charge is 2.21. The monoisotopic (exact) mass is 395 g/mol. The minimum Gasteiger partial charge on any atom is -0.489 e. The van der Waals surface area contributed by atoms with Crippen molar-refractivity contribution in [2.24, 2.45) is 0 Å². The quantitative estimate of drug-likeness (QED) is 0.679. The van der Waals surface area contributed by atoms with Gasteiger partial charge in [0, 0.05) is 6.20 Å². The van der Waals surface area contributed by atoms with Gasteiger partial charge >= 0.3 is 0 Å². The molecule has 26 heavy (non-hydrogen) atoms. The van der Waals surface area contributed by atoms with E-state index in [-0.39, 0.29) is 29.0 Å². The highest BCUT2D eigenvalue weighted by atomic mass is 35.5. The highest BCUT2D eigenvalue weighted by molar-refractivity contribution is 6.36. The summed E-state index contributed by atoms with van der Waals surface area (Å²) in [6.45, 7) is 1.67. The van der Waals surface area contributed by atoms with Crippen LogP contribution in [-0.4, -0.2) is 16.0 Å². The van der Waals surface area contributed by atoms with Crippen LogP contribution in [0.5, 0.6) is 5.75 Å². The number of carbonyl (C=O) groups is 1. The zero-order valence-corrected chi connectivity index (χ0v) is 14.9. The van der Waals surface area contributed by atoms with Gasteiger partial charge in [0.1, 0.15) is 23.9 Å². The molecule has 1 N–H and O–H groups in total. The van der Waals surface area contributed by atoms with Crippen molar-refractivity contribution in [3.63, 3.8) is 0 Å². The van der Waals surface area contributed by atoms with Gasteiger partial charge in [-0.15, -0.1) is 0 Å². The van der Waals surface area contributed by atoms with Gasteiger partial charge in [0.25, 0.3) is 5.91 Å². The van der Waals surface area contributed by atoms with E-state index >= 15 is 0 Å². The summed E-state index contributed by atoms with van der Waals surface area (Å²) in [5.41, 5.74) is 0.495. The number of nitrogens with zero attached hydrogens (tertiary/aromatic N) is 2. The third kappa shape index (κ3) is 4.12. The lowest BCUT2D eigenvalue weighted by atomic mass is 10.2. The second-order valence-corrected chi connectivity index (χ2v) is 6.09. The van der Waals surface area contributed by atoms with Gasteiger partial charge in [0.2, 0.25) is 0 Å². The Kier molecular flexibility index (Phi) is 5.39. The molecular weight excluding hydrogens is 384 g/mol. The van der Waals surface area contributed by atoms with Crippen LogP contribution in [0.3, 0.4) is 0 Å². The van der Waals surface area contributed by atoms with Crippen molar-refractivity contribution >= 4 is 34.9 Å². The minimum atomic E-state index is -0.559. The van der Waals surface area contributed by atoms with Crippen LogP contribution in [0.25, 0.3) is 0 Å². The van der Waals surface area contributed by atoms with Crippen molar-refractivity contribution in [2.75, 3.05) is 5.32 Å². The number of nitrogens with one attached hydrogen (secondary N) is 1. The molecule has 3 rings (SSSR count). The maximum atomic E-state index is 12.9. The molecule has 0 saturated heterocycles. The number of rotatable bonds is 5. The van der Waals surface area contributed by atoms with E-state index in [0.717, 1.165) is 0 Å². The molecule has 134 valence electrons. The van der Waals surface area contributed by atoms with Gasteiger partial charge in [-0.2, -0.15) is 0 Å². The number of carbonyl (C=O) groups excluding carboxylic acids is 1. The number of hydrogen-bond acceptors (Lipinski definition) is 5. The van der Waals surface area contributed by atoms with Crippen LogP contribution < -0.4 is 10.1 Å². The number of aromatic nitrogens is 2. The van der Waals surface area contributed by atoms with Crippen molar-refractivity contribution < 1.29 is 18.4 Å². The Bertz CT molecular complexity index is 945. The van der Waals surface area contributed by atoms with Crippen LogP contribution in [0.1, 0.15) is 21.8 Å². The van der Waals surface area contributed by atoms with E-state index < -0.39 is 5.91 Å². The van der Waals surface area contributed by atoms with E-state index in [1.54, 1.807) is 6.92 Å². The number of aryl methyl sites for hydroxylation is 1. The SMILES string of the molecule is Cc1onc(C(=O)Nc2ncc(Cl)cc2Cl)c1COc1ccc(F)cc1. The third-order valence-electron chi connectivity index (χ3n) is 3.44. The first-order chi connectivity index (χ1) is 12.4. The molecule has 3 aromatic rings. The fourth-order valence-electron chi connectivity index (χ4n) is 2.10. The summed E-state index contributed by atoms with van der Waals surface area (Å²) >= 11 is 11.8. The molecule has 0 aliphatic rings. The van der Waals surface area contributed by atoms with E-state index in [9.17, 15) is 9.18 Å².